The Morgan fingerprint density at radius 3 is 2.53 bits per heavy atom. The van der Waals surface area contributed by atoms with E-state index in [2.05, 4.69) is 9.47 Å². The number of ether oxygens (including phenoxy) is 2. The predicted molar refractivity (Wildman–Crippen MR) is 62.5 cm³/mol. The molecule has 1 aromatic rings. The number of nitrogen functional groups attached to an aromatic ring is 1. The second kappa shape index (κ2) is 5.89. The van der Waals surface area contributed by atoms with Gasteiger partial charge in [-0.25, -0.2) is 4.79 Å². The number of hydrogen-bond donors (Lipinski definition) is 1. The molecule has 0 aliphatic heterocycles. The fourth-order valence-electron chi connectivity index (χ4n) is 1.39. The molecule has 0 amide bonds. The van der Waals surface area contributed by atoms with E-state index in [1.165, 1.54) is 14.2 Å². The van der Waals surface area contributed by atoms with Crippen LogP contribution in [0.15, 0.2) is 18.2 Å². The summed E-state index contributed by atoms with van der Waals surface area (Å²) in [5, 5.41) is 0. The maximum Gasteiger partial charge on any atom is 0.339 e. The van der Waals surface area contributed by atoms with Gasteiger partial charge in [-0.15, -0.1) is 0 Å². The van der Waals surface area contributed by atoms with Crippen LogP contribution in [0.4, 0.5) is 5.69 Å². The number of methoxy groups -OCH3 is 2. The first-order valence-corrected chi connectivity index (χ1v) is 5.12. The van der Waals surface area contributed by atoms with Gasteiger partial charge >= 0.3 is 11.9 Å². The van der Waals surface area contributed by atoms with E-state index in [1.807, 2.05) is 0 Å². The van der Waals surface area contributed by atoms with Crippen LogP contribution in [0.3, 0.4) is 0 Å². The first-order valence-electron chi connectivity index (χ1n) is 5.12. The van der Waals surface area contributed by atoms with Crippen molar-refractivity contribution in [3.63, 3.8) is 0 Å². The Morgan fingerprint density at radius 2 is 1.94 bits per heavy atom. The summed E-state index contributed by atoms with van der Waals surface area (Å²) in [5.74, 6) is -0.774. The van der Waals surface area contributed by atoms with E-state index in [0.29, 0.717) is 17.7 Å². The van der Waals surface area contributed by atoms with E-state index in [4.69, 9.17) is 5.73 Å². The predicted octanol–water partition coefficient (Wildman–Crippen LogP) is 1.16. The first kappa shape index (κ1) is 13.0. The molecule has 0 heterocycles. The molecule has 0 fully saturated rings. The third-order valence-electron chi connectivity index (χ3n) is 2.37. The van der Waals surface area contributed by atoms with Crippen LogP contribution >= 0.6 is 0 Å². The molecule has 0 bridgehead atoms. The summed E-state index contributed by atoms with van der Waals surface area (Å²) < 4.78 is 9.15. The lowest BCUT2D eigenvalue weighted by Gasteiger charge is -2.06. The second-order valence-corrected chi connectivity index (χ2v) is 3.49. The molecule has 0 atom stereocenters. The van der Waals surface area contributed by atoms with Gasteiger partial charge in [0, 0.05) is 12.1 Å². The summed E-state index contributed by atoms with van der Waals surface area (Å²) in [6.07, 6.45) is 0.762. The van der Waals surface area contributed by atoms with Gasteiger partial charge in [-0.05, 0) is 24.1 Å². The quantitative estimate of drug-likeness (QED) is 0.628. The number of nitrogens with two attached hydrogens (primary N) is 1. The molecule has 0 aliphatic carbocycles. The van der Waals surface area contributed by atoms with E-state index >= 15 is 0 Å². The molecule has 5 nitrogen and oxygen atoms in total. The lowest BCUT2D eigenvalue weighted by molar-refractivity contribution is -0.140. The third-order valence-corrected chi connectivity index (χ3v) is 2.37. The van der Waals surface area contributed by atoms with Crippen LogP contribution in [-0.2, 0) is 20.7 Å². The third kappa shape index (κ3) is 3.48. The van der Waals surface area contributed by atoms with E-state index in [9.17, 15) is 9.59 Å². The zero-order valence-corrected chi connectivity index (χ0v) is 9.86. The van der Waals surface area contributed by atoms with Crippen LogP contribution in [-0.4, -0.2) is 26.2 Å². The number of esters is 2. The van der Waals surface area contributed by atoms with Crippen LogP contribution in [0.25, 0.3) is 0 Å². The number of hydrogen-bond acceptors (Lipinski definition) is 5. The highest BCUT2D eigenvalue weighted by molar-refractivity contribution is 5.95. The average molecular weight is 237 g/mol. The Kier molecular flexibility index (Phi) is 4.51. The summed E-state index contributed by atoms with van der Waals surface area (Å²) in [4.78, 5) is 22.4. The Balaban J connectivity index is 2.81. The lowest BCUT2D eigenvalue weighted by Crippen LogP contribution is -2.07. The smallest absolute Gasteiger partial charge is 0.339 e. The molecule has 0 spiro atoms. The van der Waals surface area contributed by atoms with Crippen LogP contribution < -0.4 is 5.73 Å². The average Bonchev–Trinajstić information content (AvgIpc) is 2.36. The van der Waals surface area contributed by atoms with Crippen molar-refractivity contribution in [3.05, 3.63) is 29.3 Å². The van der Waals surface area contributed by atoms with Crippen LogP contribution in [0.2, 0.25) is 0 Å². The molecule has 5 heteroatoms. The van der Waals surface area contributed by atoms with Crippen molar-refractivity contribution in [1.82, 2.24) is 0 Å². The maximum absolute atomic E-state index is 11.4. The van der Waals surface area contributed by atoms with Crippen LogP contribution in [0, 0.1) is 0 Å². The largest absolute Gasteiger partial charge is 0.469 e. The Morgan fingerprint density at radius 1 is 1.24 bits per heavy atom. The van der Waals surface area contributed by atoms with Crippen molar-refractivity contribution >= 4 is 17.6 Å². The summed E-state index contributed by atoms with van der Waals surface area (Å²) in [5.41, 5.74) is 7.17. The van der Waals surface area contributed by atoms with Crippen molar-refractivity contribution in [3.8, 4) is 0 Å². The highest BCUT2D eigenvalue weighted by Crippen LogP contribution is 2.16. The molecule has 0 aromatic heterocycles. The van der Waals surface area contributed by atoms with E-state index in [0.717, 1.165) is 5.56 Å². The topological polar surface area (TPSA) is 78.6 Å². The second-order valence-electron chi connectivity index (χ2n) is 3.49. The molecular formula is C12H15NO4. The Bertz CT molecular complexity index is 429. The molecule has 0 saturated carbocycles. The molecule has 17 heavy (non-hydrogen) atoms. The van der Waals surface area contributed by atoms with Gasteiger partial charge in [-0.1, -0.05) is 6.07 Å². The van der Waals surface area contributed by atoms with Crippen molar-refractivity contribution in [2.75, 3.05) is 20.0 Å². The maximum atomic E-state index is 11.4. The molecule has 0 unspecified atom stereocenters. The highest BCUT2D eigenvalue weighted by atomic mass is 16.5. The fraction of sp³-hybridized carbons (Fsp3) is 0.333. The molecule has 1 aromatic carbocycles. The van der Waals surface area contributed by atoms with Gasteiger partial charge < -0.3 is 15.2 Å². The van der Waals surface area contributed by atoms with Crippen molar-refractivity contribution in [2.45, 2.75) is 12.8 Å². The van der Waals surface area contributed by atoms with Crippen molar-refractivity contribution in [1.29, 1.82) is 0 Å². The lowest BCUT2D eigenvalue weighted by atomic mass is 10.0. The summed E-state index contributed by atoms with van der Waals surface area (Å²) in [6.45, 7) is 0. The Hall–Kier alpha value is -2.04. The number of carbonyl (C=O) groups excluding carboxylic acids is 2. The standard InChI is InChI=1S/C12H15NO4/c1-16-11(14)6-4-8-3-5-10(13)9(7-8)12(15)17-2/h3,5,7H,4,6,13H2,1-2H3. The van der Waals surface area contributed by atoms with E-state index in [-0.39, 0.29) is 12.4 Å². The molecular weight excluding hydrogens is 222 g/mol. The number of rotatable bonds is 4. The number of anilines is 1. The molecule has 1 rings (SSSR count). The Labute approximate surface area is 99.5 Å². The van der Waals surface area contributed by atoms with Gasteiger partial charge in [-0.2, -0.15) is 0 Å². The number of carbonyl (C=O) groups is 2. The number of benzene rings is 1. The van der Waals surface area contributed by atoms with Gasteiger partial charge in [0.25, 0.3) is 0 Å². The minimum atomic E-state index is -0.484. The summed E-state index contributed by atoms with van der Waals surface area (Å²) >= 11 is 0. The summed E-state index contributed by atoms with van der Waals surface area (Å²) in [6, 6.07) is 5.02. The van der Waals surface area contributed by atoms with Crippen LogP contribution in [0.1, 0.15) is 22.3 Å². The molecule has 0 radical (unpaired) electrons. The van der Waals surface area contributed by atoms with Gasteiger partial charge in [0.05, 0.1) is 19.8 Å². The van der Waals surface area contributed by atoms with Gasteiger partial charge in [0.15, 0.2) is 0 Å². The van der Waals surface area contributed by atoms with E-state index in [1.54, 1.807) is 18.2 Å². The zero-order chi connectivity index (χ0) is 12.8. The SMILES string of the molecule is COC(=O)CCc1ccc(N)c(C(=O)OC)c1. The van der Waals surface area contributed by atoms with Crippen LogP contribution in [0.5, 0.6) is 0 Å². The fourth-order valence-corrected chi connectivity index (χ4v) is 1.39. The molecule has 0 aliphatic rings. The van der Waals surface area contributed by atoms with Gasteiger partial charge in [-0.3, -0.25) is 4.79 Å². The van der Waals surface area contributed by atoms with Crippen molar-refractivity contribution < 1.29 is 19.1 Å². The van der Waals surface area contributed by atoms with E-state index < -0.39 is 5.97 Å². The summed E-state index contributed by atoms with van der Waals surface area (Å²) in [7, 11) is 2.63. The minimum Gasteiger partial charge on any atom is -0.469 e. The highest BCUT2D eigenvalue weighted by Gasteiger charge is 2.11. The molecule has 92 valence electrons. The van der Waals surface area contributed by atoms with Gasteiger partial charge in [0.1, 0.15) is 0 Å². The first-order chi connectivity index (χ1) is 8.08. The molecule has 2 N–H and O–H groups in total. The molecule has 0 saturated heterocycles. The minimum absolute atomic E-state index is 0.265. The van der Waals surface area contributed by atoms with Crippen molar-refractivity contribution in [2.24, 2.45) is 0 Å². The normalized spacial score (nSPS) is 9.76. The zero-order valence-electron chi connectivity index (χ0n) is 9.86. The number of aryl methyl sites for hydroxylation is 1. The van der Waals surface area contributed by atoms with Gasteiger partial charge in [0.2, 0.25) is 0 Å². The monoisotopic (exact) mass is 237 g/mol.